The second kappa shape index (κ2) is 8.11. The molecule has 1 nitrogen and oxygen atoms in total. The molecule has 5 heteroatoms. The fourth-order valence-electron chi connectivity index (χ4n) is 1.64. The molecule has 95 valence electrons. The molecular weight excluding hydrogens is 300 g/mol. The van der Waals surface area contributed by atoms with Crippen molar-refractivity contribution in [2.45, 2.75) is 4.22 Å². The number of allylic oxidation sites excluding steroid dienone is 4. The summed E-state index contributed by atoms with van der Waals surface area (Å²) < 4.78 is 0.401. The second-order valence-corrected chi connectivity index (χ2v) is 10.4. The maximum absolute atomic E-state index is 5.71. The van der Waals surface area contributed by atoms with Gasteiger partial charge in [0.05, 0.1) is 0 Å². The fourth-order valence-corrected chi connectivity index (χ4v) is 3.64. The van der Waals surface area contributed by atoms with Crippen molar-refractivity contribution in [3.05, 3.63) is 48.6 Å². The van der Waals surface area contributed by atoms with E-state index in [0.717, 1.165) is 0 Å². The second-order valence-electron chi connectivity index (χ2n) is 4.27. The molecule has 0 unspecified atom stereocenters. The maximum atomic E-state index is 5.71. The first kappa shape index (κ1) is 15.9. The number of anilines is 1. The Kier molecular flexibility index (Phi) is 7.17. The Hall–Kier alpha value is -0.141. The van der Waals surface area contributed by atoms with Crippen LogP contribution >= 0.6 is 18.6 Å². The van der Waals surface area contributed by atoms with Crippen LogP contribution in [0.3, 0.4) is 0 Å². The van der Waals surface area contributed by atoms with Gasteiger partial charge in [-0.25, -0.2) is 0 Å². The van der Waals surface area contributed by atoms with Crippen molar-refractivity contribution in [1.82, 2.24) is 0 Å². The molecule has 1 aromatic rings. The quantitative estimate of drug-likeness (QED) is 0.758. The van der Waals surface area contributed by atoms with Crippen molar-refractivity contribution in [3.63, 3.8) is 0 Å². The van der Waals surface area contributed by atoms with Crippen LogP contribution in [0.25, 0.3) is 0 Å². The van der Waals surface area contributed by atoms with Crippen molar-refractivity contribution in [2.24, 2.45) is 0 Å². The van der Waals surface area contributed by atoms with Gasteiger partial charge in [-0.15, -0.1) is 0 Å². The summed E-state index contributed by atoms with van der Waals surface area (Å²) in [7, 11) is 17.7. The van der Waals surface area contributed by atoms with Gasteiger partial charge < -0.3 is 4.90 Å². The zero-order valence-corrected chi connectivity index (χ0v) is 14.0. The van der Waals surface area contributed by atoms with Crippen LogP contribution in [0.15, 0.2) is 48.6 Å². The molecule has 0 bridgehead atoms. The SMILES string of the molecule is Bc1ccccc1N(C)C.[Cl][Ti]([Cl])[CH]1C=CC=C1. The van der Waals surface area contributed by atoms with Gasteiger partial charge in [0.15, 0.2) is 0 Å². The third-order valence-corrected chi connectivity index (χ3v) is 6.06. The van der Waals surface area contributed by atoms with Crippen LogP contribution in [0.4, 0.5) is 5.69 Å². The first-order chi connectivity index (χ1) is 8.52. The van der Waals surface area contributed by atoms with E-state index in [1.54, 1.807) is 0 Å². The summed E-state index contributed by atoms with van der Waals surface area (Å²) in [6.45, 7) is 0. The van der Waals surface area contributed by atoms with E-state index >= 15 is 0 Å². The summed E-state index contributed by atoms with van der Waals surface area (Å²) in [6.07, 6.45) is 8.08. The van der Waals surface area contributed by atoms with Gasteiger partial charge in [-0.3, -0.25) is 0 Å². The van der Waals surface area contributed by atoms with Gasteiger partial charge in [-0.05, 0) is 6.07 Å². The summed E-state index contributed by atoms with van der Waals surface area (Å²) in [5, 5.41) is 0. The minimum atomic E-state index is -1.69. The van der Waals surface area contributed by atoms with E-state index in [-0.39, 0.29) is 0 Å². The summed E-state index contributed by atoms with van der Waals surface area (Å²) in [5.74, 6) is 0. The van der Waals surface area contributed by atoms with Crippen LogP contribution in [0.2, 0.25) is 4.22 Å². The van der Waals surface area contributed by atoms with E-state index in [0.29, 0.717) is 4.22 Å². The molecule has 0 heterocycles. The third kappa shape index (κ3) is 5.24. The molecule has 0 aliphatic heterocycles. The molecule has 0 saturated carbocycles. The average Bonchev–Trinajstić information content (AvgIpc) is 2.83. The molecule has 0 aromatic heterocycles. The first-order valence-electron chi connectivity index (χ1n) is 5.78. The van der Waals surface area contributed by atoms with Gasteiger partial charge in [0, 0.05) is 19.8 Å². The van der Waals surface area contributed by atoms with E-state index in [2.05, 4.69) is 63.3 Å². The Morgan fingerprint density at radius 1 is 1.11 bits per heavy atom. The molecule has 0 N–H and O–H groups in total. The van der Waals surface area contributed by atoms with Gasteiger partial charge in [0.1, 0.15) is 7.85 Å². The Bertz CT molecular complexity index is 421. The van der Waals surface area contributed by atoms with Crippen molar-refractivity contribution in [1.29, 1.82) is 0 Å². The molecular formula is C13H17BCl2NTi. The van der Waals surface area contributed by atoms with Crippen LogP contribution < -0.4 is 10.4 Å². The van der Waals surface area contributed by atoms with Crippen molar-refractivity contribution >= 4 is 37.6 Å². The Labute approximate surface area is 124 Å². The predicted molar refractivity (Wildman–Crippen MR) is 82.7 cm³/mol. The van der Waals surface area contributed by atoms with E-state index in [1.807, 2.05) is 12.2 Å². The topological polar surface area (TPSA) is 3.24 Å². The number of benzene rings is 1. The van der Waals surface area contributed by atoms with Crippen LogP contribution in [-0.4, -0.2) is 21.9 Å². The summed E-state index contributed by atoms with van der Waals surface area (Å²) in [6, 6.07) is 8.36. The molecule has 0 radical (unpaired) electrons. The van der Waals surface area contributed by atoms with Crippen LogP contribution in [0.5, 0.6) is 0 Å². The minimum absolute atomic E-state index is 0.401. The van der Waals surface area contributed by atoms with Crippen molar-refractivity contribution < 1.29 is 15.7 Å². The first-order valence-corrected chi connectivity index (χ1v) is 11.0. The Balaban J connectivity index is 0.000000184. The molecule has 1 aromatic carbocycles. The fraction of sp³-hybridized carbons (Fsp3) is 0.231. The number of nitrogens with zero attached hydrogens (tertiary/aromatic N) is 1. The monoisotopic (exact) mass is 316 g/mol. The van der Waals surface area contributed by atoms with Crippen LogP contribution in [-0.2, 0) is 15.7 Å². The van der Waals surface area contributed by atoms with Crippen molar-refractivity contribution in [2.75, 3.05) is 19.0 Å². The zero-order chi connectivity index (χ0) is 13.5. The third-order valence-electron chi connectivity index (χ3n) is 2.60. The number of halogens is 2. The number of para-hydroxylation sites is 1. The molecule has 0 saturated heterocycles. The molecule has 0 atom stereocenters. The van der Waals surface area contributed by atoms with Crippen LogP contribution in [0.1, 0.15) is 0 Å². The van der Waals surface area contributed by atoms with Gasteiger partial charge >= 0.3 is 62.9 Å². The predicted octanol–water partition coefficient (Wildman–Crippen LogP) is 2.84. The van der Waals surface area contributed by atoms with E-state index in [1.165, 1.54) is 11.2 Å². The molecule has 2 rings (SSSR count). The van der Waals surface area contributed by atoms with Gasteiger partial charge in [0.2, 0.25) is 0 Å². The molecule has 1 aliphatic carbocycles. The number of rotatable bonds is 2. The van der Waals surface area contributed by atoms with Gasteiger partial charge in [-0.1, -0.05) is 23.7 Å². The van der Waals surface area contributed by atoms with Gasteiger partial charge in [-0.2, -0.15) is 0 Å². The number of hydrogen-bond acceptors (Lipinski definition) is 1. The van der Waals surface area contributed by atoms with Crippen molar-refractivity contribution in [3.8, 4) is 0 Å². The summed E-state index contributed by atoms with van der Waals surface area (Å²) in [4.78, 5) is 2.12. The van der Waals surface area contributed by atoms with E-state index in [9.17, 15) is 0 Å². The normalized spacial score (nSPS) is 13.1. The standard InChI is InChI=1S/C8H12BN.C5H5.2ClH.Ti/c1-10(2)8-6-4-3-5-7(8)9;1-2-4-5-3-1;;;/h3-6H,9H2,1-2H3;1-5H;2*1H;/q;;;;+2/p-2. The number of hydrogen-bond donors (Lipinski definition) is 0. The van der Waals surface area contributed by atoms with Crippen LogP contribution in [0, 0.1) is 0 Å². The van der Waals surface area contributed by atoms with Gasteiger partial charge in [0.25, 0.3) is 0 Å². The molecule has 18 heavy (non-hydrogen) atoms. The molecule has 0 fully saturated rings. The Morgan fingerprint density at radius 2 is 1.67 bits per heavy atom. The summed E-state index contributed by atoms with van der Waals surface area (Å²) in [5.41, 5.74) is 2.62. The zero-order valence-electron chi connectivity index (χ0n) is 10.9. The molecule has 0 spiro atoms. The average molecular weight is 317 g/mol. The van der Waals surface area contributed by atoms with E-state index in [4.69, 9.17) is 18.6 Å². The van der Waals surface area contributed by atoms with E-state index < -0.39 is 15.7 Å². The molecule has 1 aliphatic rings. The summed E-state index contributed by atoms with van der Waals surface area (Å²) >= 11 is -1.69. The Morgan fingerprint density at radius 3 is 2.00 bits per heavy atom. The molecule has 0 amide bonds.